The Labute approximate surface area is 112 Å². The van der Waals surface area contributed by atoms with Crippen LogP contribution in [0.2, 0.25) is 0 Å². The number of nitrogens with one attached hydrogen (secondary N) is 1. The largest absolute Gasteiger partial charge is 0.376 e. The van der Waals surface area contributed by atoms with Gasteiger partial charge in [0.25, 0.3) is 0 Å². The quantitative estimate of drug-likeness (QED) is 0.759. The van der Waals surface area contributed by atoms with E-state index in [4.69, 9.17) is 4.74 Å². The van der Waals surface area contributed by atoms with E-state index in [9.17, 15) is 0 Å². The van der Waals surface area contributed by atoms with Crippen LogP contribution in [0.25, 0.3) is 0 Å². The molecule has 2 aliphatic heterocycles. The first-order chi connectivity index (χ1) is 8.79. The zero-order valence-electron chi connectivity index (χ0n) is 12.0. The van der Waals surface area contributed by atoms with Crippen LogP contribution in [0.5, 0.6) is 0 Å². The minimum absolute atomic E-state index is 0.423. The number of morpholine rings is 1. The van der Waals surface area contributed by atoms with Gasteiger partial charge in [-0.05, 0) is 39.4 Å². The highest BCUT2D eigenvalue weighted by Gasteiger charge is 2.24. The summed E-state index contributed by atoms with van der Waals surface area (Å²) in [6.07, 6.45) is 4.33. The van der Waals surface area contributed by atoms with Gasteiger partial charge in [0, 0.05) is 32.2 Å². The molecule has 2 fully saturated rings. The number of likely N-dealkylation sites (tertiary alicyclic amines) is 1. The average Bonchev–Trinajstić information content (AvgIpc) is 2.85. The lowest BCUT2D eigenvalue weighted by molar-refractivity contribution is 0.0177. The summed E-state index contributed by atoms with van der Waals surface area (Å²) >= 11 is 0. The number of likely N-dealkylation sites (N-methyl/N-ethyl adjacent to an activating group) is 2. The van der Waals surface area contributed by atoms with Crippen molar-refractivity contribution < 1.29 is 4.74 Å². The first kappa shape index (κ1) is 14.3. The lowest BCUT2D eigenvalue weighted by atomic mass is 10.2. The zero-order valence-corrected chi connectivity index (χ0v) is 12.0. The maximum absolute atomic E-state index is 5.74. The fourth-order valence-corrected chi connectivity index (χ4v) is 3.14. The van der Waals surface area contributed by atoms with Crippen LogP contribution >= 0.6 is 0 Å². The predicted octanol–water partition coefficient (Wildman–Crippen LogP) is 0.781. The summed E-state index contributed by atoms with van der Waals surface area (Å²) in [5.41, 5.74) is 0. The molecule has 0 bridgehead atoms. The molecule has 0 aliphatic carbocycles. The Morgan fingerprint density at radius 1 is 1.44 bits per heavy atom. The van der Waals surface area contributed by atoms with Crippen molar-refractivity contribution in [1.82, 2.24) is 15.1 Å². The molecular weight excluding hydrogens is 226 g/mol. The van der Waals surface area contributed by atoms with Crippen LogP contribution in [0.15, 0.2) is 0 Å². The summed E-state index contributed by atoms with van der Waals surface area (Å²) in [5.74, 6) is 0. The van der Waals surface area contributed by atoms with Gasteiger partial charge in [0.1, 0.15) is 0 Å². The second-order valence-electron chi connectivity index (χ2n) is 5.67. The summed E-state index contributed by atoms with van der Waals surface area (Å²) in [4.78, 5) is 5.10. The molecule has 0 saturated carbocycles. The van der Waals surface area contributed by atoms with E-state index in [1.54, 1.807) is 0 Å². The topological polar surface area (TPSA) is 27.7 Å². The number of ether oxygens (including phenoxy) is 1. The van der Waals surface area contributed by atoms with Gasteiger partial charge < -0.3 is 15.0 Å². The van der Waals surface area contributed by atoms with E-state index >= 15 is 0 Å². The van der Waals surface area contributed by atoms with E-state index in [-0.39, 0.29) is 0 Å². The summed E-state index contributed by atoms with van der Waals surface area (Å²) in [7, 11) is 2.25. The van der Waals surface area contributed by atoms with Crippen LogP contribution in [-0.4, -0.2) is 74.9 Å². The molecule has 2 atom stereocenters. The fourth-order valence-electron chi connectivity index (χ4n) is 3.14. The molecule has 4 heteroatoms. The molecule has 0 spiro atoms. The van der Waals surface area contributed by atoms with Crippen molar-refractivity contribution in [2.45, 2.75) is 38.3 Å². The van der Waals surface area contributed by atoms with Gasteiger partial charge in [-0.15, -0.1) is 0 Å². The molecule has 0 aromatic carbocycles. The Morgan fingerprint density at radius 3 is 3.06 bits per heavy atom. The Bertz CT molecular complexity index is 231. The Hall–Kier alpha value is -0.160. The minimum Gasteiger partial charge on any atom is -0.376 e. The lowest BCUT2D eigenvalue weighted by Crippen LogP contribution is -2.42. The predicted molar refractivity (Wildman–Crippen MR) is 75.0 cm³/mol. The van der Waals surface area contributed by atoms with Crippen LogP contribution in [0.4, 0.5) is 0 Å². The first-order valence-corrected chi connectivity index (χ1v) is 7.54. The second-order valence-corrected chi connectivity index (χ2v) is 5.67. The van der Waals surface area contributed by atoms with Crippen LogP contribution in [0.3, 0.4) is 0 Å². The molecule has 2 saturated heterocycles. The third kappa shape index (κ3) is 4.19. The maximum Gasteiger partial charge on any atom is 0.0712 e. The van der Waals surface area contributed by atoms with Gasteiger partial charge in [-0.25, -0.2) is 0 Å². The van der Waals surface area contributed by atoms with Crippen LogP contribution < -0.4 is 5.32 Å². The Kier molecular flexibility index (Phi) is 5.89. The minimum atomic E-state index is 0.423. The van der Waals surface area contributed by atoms with Crippen molar-refractivity contribution >= 4 is 0 Å². The van der Waals surface area contributed by atoms with Gasteiger partial charge in [-0.3, -0.25) is 4.90 Å². The van der Waals surface area contributed by atoms with Crippen molar-refractivity contribution in [3.05, 3.63) is 0 Å². The number of nitrogens with zero attached hydrogens (tertiary/aromatic N) is 2. The van der Waals surface area contributed by atoms with E-state index in [2.05, 4.69) is 29.1 Å². The van der Waals surface area contributed by atoms with Gasteiger partial charge in [0.15, 0.2) is 0 Å². The maximum atomic E-state index is 5.74. The number of rotatable bonds is 6. The van der Waals surface area contributed by atoms with Crippen LogP contribution in [0, 0.1) is 0 Å². The van der Waals surface area contributed by atoms with E-state index < -0.39 is 0 Å². The van der Waals surface area contributed by atoms with Crippen molar-refractivity contribution in [1.29, 1.82) is 0 Å². The fraction of sp³-hybridized carbons (Fsp3) is 1.00. The molecule has 2 heterocycles. The van der Waals surface area contributed by atoms with Crippen LogP contribution in [-0.2, 0) is 4.74 Å². The van der Waals surface area contributed by atoms with Gasteiger partial charge >= 0.3 is 0 Å². The Balaban J connectivity index is 1.63. The van der Waals surface area contributed by atoms with Crippen LogP contribution in [0.1, 0.15) is 26.2 Å². The molecule has 0 radical (unpaired) electrons. The molecule has 0 aromatic heterocycles. The third-order valence-electron chi connectivity index (χ3n) is 4.26. The zero-order chi connectivity index (χ0) is 12.8. The molecule has 2 unspecified atom stereocenters. The van der Waals surface area contributed by atoms with E-state index in [1.165, 1.54) is 32.5 Å². The van der Waals surface area contributed by atoms with Gasteiger partial charge in [0.2, 0.25) is 0 Å². The van der Waals surface area contributed by atoms with E-state index in [0.29, 0.717) is 6.10 Å². The molecule has 106 valence electrons. The summed E-state index contributed by atoms with van der Waals surface area (Å²) in [6.45, 7) is 10.1. The lowest BCUT2D eigenvalue weighted by Gasteiger charge is -2.29. The summed E-state index contributed by atoms with van der Waals surface area (Å²) in [6, 6.07) is 0.783. The molecule has 1 N–H and O–H groups in total. The smallest absolute Gasteiger partial charge is 0.0712 e. The summed E-state index contributed by atoms with van der Waals surface area (Å²) < 4.78 is 5.74. The molecule has 0 amide bonds. The first-order valence-electron chi connectivity index (χ1n) is 7.54. The van der Waals surface area contributed by atoms with Crippen molar-refractivity contribution in [2.24, 2.45) is 0 Å². The van der Waals surface area contributed by atoms with Crippen molar-refractivity contribution in [3.8, 4) is 0 Å². The second kappa shape index (κ2) is 7.43. The van der Waals surface area contributed by atoms with Crippen molar-refractivity contribution in [2.75, 3.05) is 52.9 Å². The van der Waals surface area contributed by atoms with E-state index in [0.717, 1.165) is 38.7 Å². The molecule has 4 nitrogen and oxygen atoms in total. The molecule has 2 rings (SSSR count). The average molecular weight is 255 g/mol. The SMILES string of the molecule is CCN1CCCC1CN(C)CCC1CNCCO1. The van der Waals surface area contributed by atoms with Crippen molar-refractivity contribution in [3.63, 3.8) is 0 Å². The highest BCUT2D eigenvalue weighted by atomic mass is 16.5. The monoisotopic (exact) mass is 255 g/mol. The van der Waals surface area contributed by atoms with Gasteiger partial charge in [-0.2, -0.15) is 0 Å². The standard InChI is InChI=1S/C14H29N3O/c1-3-17-8-4-5-13(17)12-16(2)9-6-14-11-15-7-10-18-14/h13-15H,3-12H2,1-2H3. The normalized spacial score (nSPS) is 30.2. The number of hydrogen-bond donors (Lipinski definition) is 1. The van der Waals surface area contributed by atoms with Gasteiger partial charge in [0.05, 0.1) is 12.7 Å². The van der Waals surface area contributed by atoms with Gasteiger partial charge in [-0.1, -0.05) is 6.92 Å². The highest BCUT2D eigenvalue weighted by molar-refractivity contribution is 4.81. The third-order valence-corrected chi connectivity index (χ3v) is 4.26. The van der Waals surface area contributed by atoms with E-state index in [1.807, 2.05) is 0 Å². The Morgan fingerprint density at radius 2 is 2.33 bits per heavy atom. The molecule has 2 aliphatic rings. The summed E-state index contributed by atoms with van der Waals surface area (Å²) in [5, 5.41) is 3.40. The highest BCUT2D eigenvalue weighted by Crippen LogP contribution is 2.17. The molecule has 0 aromatic rings. The molecule has 18 heavy (non-hydrogen) atoms. The number of hydrogen-bond acceptors (Lipinski definition) is 4. The molecular formula is C14H29N3O.